The lowest BCUT2D eigenvalue weighted by Crippen LogP contribution is -2.33. The van der Waals surface area contributed by atoms with E-state index in [4.69, 9.17) is 9.47 Å². The highest BCUT2D eigenvalue weighted by Crippen LogP contribution is 2.27. The smallest absolute Gasteiger partial charge is 0.277 e. The van der Waals surface area contributed by atoms with Crippen LogP contribution in [0, 0.1) is 5.82 Å². The van der Waals surface area contributed by atoms with Gasteiger partial charge in [-0.25, -0.2) is 8.91 Å². The van der Waals surface area contributed by atoms with E-state index in [2.05, 4.69) is 10.4 Å². The second kappa shape index (κ2) is 10.4. The lowest BCUT2D eigenvalue weighted by atomic mass is 10.1. The summed E-state index contributed by atoms with van der Waals surface area (Å²) < 4.78 is 26.4. The molecule has 1 amide bonds. The number of aliphatic hydroxyl groups is 1. The van der Waals surface area contributed by atoms with Gasteiger partial charge in [0.1, 0.15) is 17.9 Å². The number of methoxy groups -OCH3 is 2. The monoisotopic (exact) mass is 480 g/mol. The van der Waals surface area contributed by atoms with Gasteiger partial charge in [0.2, 0.25) is 5.91 Å². The number of amides is 1. The standard InChI is InChI=1S/C25H25FN4O5/c1-34-20-8-3-16(13-21(20)35-2)9-10-27-22(32)14-29-11-12-30-24(25(29)33)19(15-31)23(28-30)17-4-6-18(26)7-5-17/h3-8,11-13,31H,9-10,14-15H2,1-2H3,(H,27,32). The van der Waals surface area contributed by atoms with E-state index in [0.29, 0.717) is 41.3 Å². The third-order valence-electron chi connectivity index (χ3n) is 5.63. The molecular weight excluding hydrogens is 455 g/mol. The molecule has 9 nitrogen and oxygen atoms in total. The Morgan fingerprint density at radius 2 is 1.83 bits per heavy atom. The maximum atomic E-state index is 13.3. The molecule has 4 aromatic rings. The van der Waals surface area contributed by atoms with Crippen LogP contribution in [0.3, 0.4) is 0 Å². The first-order valence-electron chi connectivity index (χ1n) is 10.9. The second-order valence-corrected chi connectivity index (χ2v) is 7.81. The summed E-state index contributed by atoms with van der Waals surface area (Å²) in [4.78, 5) is 25.6. The van der Waals surface area contributed by atoms with Crippen LogP contribution in [-0.2, 0) is 24.4 Å². The van der Waals surface area contributed by atoms with Gasteiger partial charge >= 0.3 is 0 Å². The number of nitrogens with one attached hydrogen (secondary N) is 1. The summed E-state index contributed by atoms with van der Waals surface area (Å²) in [6, 6.07) is 11.2. The first kappa shape index (κ1) is 24.0. The van der Waals surface area contributed by atoms with Gasteiger partial charge < -0.3 is 24.5 Å². The Labute approximate surface area is 200 Å². The van der Waals surface area contributed by atoms with Gasteiger partial charge in [-0.2, -0.15) is 5.10 Å². The molecule has 0 saturated heterocycles. The molecule has 0 aliphatic carbocycles. The molecule has 0 aliphatic rings. The molecule has 2 heterocycles. The quantitative estimate of drug-likeness (QED) is 0.380. The molecule has 4 rings (SSSR count). The lowest BCUT2D eigenvalue weighted by molar-refractivity contribution is -0.121. The van der Waals surface area contributed by atoms with Crippen LogP contribution in [-0.4, -0.2) is 46.0 Å². The van der Waals surface area contributed by atoms with Gasteiger partial charge in [0.05, 0.1) is 26.5 Å². The number of hydrogen-bond donors (Lipinski definition) is 2. The molecule has 35 heavy (non-hydrogen) atoms. The van der Waals surface area contributed by atoms with Crippen LogP contribution < -0.4 is 20.3 Å². The van der Waals surface area contributed by atoms with E-state index < -0.39 is 18.0 Å². The van der Waals surface area contributed by atoms with Crippen molar-refractivity contribution in [2.45, 2.75) is 19.6 Å². The van der Waals surface area contributed by atoms with Crippen molar-refractivity contribution in [3.8, 4) is 22.8 Å². The largest absolute Gasteiger partial charge is 0.493 e. The highest BCUT2D eigenvalue weighted by molar-refractivity contribution is 5.76. The fourth-order valence-electron chi connectivity index (χ4n) is 3.86. The van der Waals surface area contributed by atoms with E-state index in [1.54, 1.807) is 26.5 Å². The predicted octanol–water partition coefficient (Wildman–Crippen LogP) is 2.17. The maximum absolute atomic E-state index is 13.3. The molecular formula is C25H25FN4O5. The van der Waals surface area contributed by atoms with Crippen LogP contribution in [0.5, 0.6) is 11.5 Å². The predicted molar refractivity (Wildman–Crippen MR) is 127 cm³/mol. The van der Waals surface area contributed by atoms with E-state index in [9.17, 15) is 19.1 Å². The van der Waals surface area contributed by atoms with E-state index in [-0.39, 0.29) is 18.0 Å². The lowest BCUT2D eigenvalue weighted by Gasteiger charge is -2.11. The van der Waals surface area contributed by atoms with Crippen LogP contribution in [0.1, 0.15) is 11.1 Å². The van der Waals surface area contributed by atoms with Gasteiger partial charge in [0.15, 0.2) is 11.5 Å². The molecule has 0 unspecified atom stereocenters. The summed E-state index contributed by atoms with van der Waals surface area (Å²) in [5.74, 6) is 0.500. The molecule has 2 aromatic heterocycles. The number of rotatable bonds is 9. The third kappa shape index (κ3) is 5.02. The fourth-order valence-corrected chi connectivity index (χ4v) is 3.86. The SMILES string of the molecule is COc1ccc(CCNC(=O)Cn2ccn3nc(-c4ccc(F)cc4)c(CO)c3c2=O)cc1OC. The average Bonchev–Trinajstić information content (AvgIpc) is 3.25. The van der Waals surface area contributed by atoms with E-state index in [0.717, 1.165) is 5.56 Å². The molecule has 2 aromatic carbocycles. The zero-order valence-electron chi connectivity index (χ0n) is 19.3. The zero-order valence-corrected chi connectivity index (χ0v) is 19.3. The Hall–Kier alpha value is -4.18. The number of carbonyl (C=O) groups excluding carboxylic acids is 1. The number of hydrogen-bond acceptors (Lipinski definition) is 6. The first-order chi connectivity index (χ1) is 16.9. The molecule has 182 valence electrons. The Bertz CT molecular complexity index is 1410. The number of fused-ring (bicyclic) bond motifs is 1. The van der Waals surface area contributed by atoms with Crippen LogP contribution in [0.4, 0.5) is 4.39 Å². The Morgan fingerprint density at radius 1 is 1.09 bits per heavy atom. The van der Waals surface area contributed by atoms with Crippen LogP contribution in [0.25, 0.3) is 16.8 Å². The minimum absolute atomic E-state index is 0.160. The topological polar surface area (TPSA) is 107 Å². The van der Waals surface area contributed by atoms with Crippen LogP contribution in [0.2, 0.25) is 0 Å². The van der Waals surface area contributed by atoms with Crippen LogP contribution >= 0.6 is 0 Å². The maximum Gasteiger partial charge on any atom is 0.277 e. The van der Waals surface area contributed by atoms with Gasteiger partial charge in [-0.1, -0.05) is 6.07 Å². The molecule has 0 aliphatic heterocycles. The van der Waals surface area contributed by atoms with Crippen molar-refractivity contribution in [3.63, 3.8) is 0 Å². The summed E-state index contributed by atoms with van der Waals surface area (Å²) in [7, 11) is 3.12. The molecule has 0 fully saturated rings. The summed E-state index contributed by atoms with van der Waals surface area (Å²) >= 11 is 0. The van der Waals surface area contributed by atoms with Crippen molar-refractivity contribution in [2.75, 3.05) is 20.8 Å². The van der Waals surface area contributed by atoms with E-state index in [1.807, 2.05) is 12.1 Å². The van der Waals surface area contributed by atoms with Crippen LogP contribution in [0.15, 0.2) is 59.7 Å². The molecule has 0 saturated carbocycles. The van der Waals surface area contributed by atoms with Crippen molar-refractivity contribution >= 4 is 11.4 Å². The molecule has 10 heteroatoms. The highest BCUT2D eigenvalue weighted by atomic mass is 19.1. The summed E-state index contributed by atoms with van der Waals surface area (Å²) in [5, 5.41) is 17.1. The zero-order chi connectivity index (χ0) is 24.9. The summed E-state index contributed by atoms with van der Waals surface area (Å²) in [6.07, 6.45) is 3.57. The Balaban J connectivity index is 1.48. The summed E-state index contributed by atoms with van der Waals surface area (Å²) in [5.41, 5.74) is 1.91. The number of nitrogens with zero attached hydrogens (tertiary/aromatic N) is 3. The van der Waals surface area contributed by atoms with Crippen molar-refractivity contribution in [3.05, 3.63) is 82.2 Å². The number of halogens is 1. The van der Waals surface area contributed by atoms with Gasteiger partial charge in [-0.05, 0) is 48.4 Å². The minimum atomic E-state index is -0.465. The number of benzene rings is 2. The molecule has 0 bridgehead atoms. The van der Waals surface area contributed by atoms with Gasteiger partial charge in [-0.15, -0.1) is 0 Å². The molecule has 0 spiro atoms. The van der Waals surface area contributed by atoms with Crippen molar-refractivity contribution in [2.24, 2.45) is 0 Å². The number of aliphatic hydroxyl groups excluding tert-OH is 1. The Kier molecular flexibility index (Phi) is 7.11. The van der Waals surface area contributed by atoms with Crippen molar-refractivity contribution in [1.29, 1.82) is 0 Å². The Morgan fingerprint density at radius 3 is 2.51 bits per heavy atom. The fraction of sp³-hybridized carbons (Fsp3) is 0.240. The van der Waals surface area contributed by atoms with Gasteiger partial charge in [0.25, 0.3) is 5.56 Å². The number of carbonyl (C=O) groups is 1. The molecule has 0 atom stereocenters. The molecule has 2 N–H and O–H groups in total. The average molecular weight is 480 g/mol. The van der Waals surface area contributed by atoms with Gasteiger partial charge in [-0.3, -0.25) is 9.59 Å². The van der Waals surface area contributed by atoms with Crippen molar-refractivity contribution < 1.29 is 23.8 Å². The van der Waals surface area contributed by atoms with Gasteiger partial charge in [0, 0.05) is 30.1 Å². The first-order valence-corrected chi connectivity index (χ1v) is 10.9. The molecule has 0 radical (unpaired) electrons. The second-order valence-electron chi connectivity index (χ2n) is 7.81. The van der Waals surface area contributed by atoms with Crippen molar-refractivity contribution in [1.82, 2.24) is 19.5 Å². The summed E-state index contributed by atoms with van der Waals surface area (Å²) in [6.45, 7) is -0.259. The van der Waals surface area contributed by atoms with E-state index in [1.165, 1.54) is 39.5 Å². The number of aromatic nitrogens is 3. The normalized spacial score (nSPS) is 11.0. The third-order valence-corrected chi connectivity index (χ3v) is 5.63. The minimum Gasteiger partial charge on any atom is -0.493 e. The number of ether oxygens (including phenoxy) is 2. The van der Waals surface area contributed by atoms with E-state index >= 15 is 0 Å². The highest BCUT2D eigenvalue weighted by Gasteiger charge is 2.18.